The summed E-state index contributed by atoms with van der Waals surface area (Å²) in [6.07, 6.45) is 0. The Hall–Kier alpha value is -1.52. The molecule has 20 heavy (non-hydrogen) atoms. The summed E-state index contributed by atoms with van der Waals surface area (Å²) in [5.74, 6) is 0.367. The molecular formula is C15H13BrClNO2. The summed E-state index contributed by atoms with van der Waals surface area (Å²) >= 11 is 9.41. The molecule has 0 saturated heterocycles. The zero-order chi connectivity index (χ0) is 14.5. The first kappa shape index (κ1) is 14.9. The zero-order valence-corrected chi connectivity index (χ0v) is 13.2. The Morgan fingerprint density at radius 1 is 1.25 bits per heavy atom. The maximum Gasteiger partial charge on any atom is 0.255 e. The van der Waals surface area contributed by atoms with E-state index in [2.05, 4.69) is 21.2 Å². The van der Waals surface area contributed by atoms with Gasteiger partial charge in [-0.25, -0.2) is 0 Å². The van der Waals surface area contributed by atoms with Crippen LogP contribution in [0.2, 0.25) is 5.02 Å². The number of nitrogens with one attached hydrogen (secondary N) is 1. The summed E-state index contributed by atoms with van der Waals surface area (Å²) in [6.45, 7) is 2.41. The van der Waals surface area contributed by atoms with Gasteiger partial charge in [0.05, 0.1) is 11.6 Å². The molecule has 3 nitrogen and oxygen atoms in total. The third kappa shape index (κ3) is 3.74. The fourth-order valence-corrected chi connectivity index (χ4v) is 2.15. The second-order valence-electron chi connectivity index (χ2n) is 4.04. The largest absolute Gasteiger partial charge is 0.492 e. The van der Waals surface area contributed by atoms with Crippen molar-refractivity contribution in [3.63, 3.8) is 0 Å². The molecule has 0 aliphatic rings. The van der Waals surface area contributed by atoms with Crippen LogP contribution < -0.4 is 10.1 Å². The Kier molecular flexibility index (Phi) is 5.04. The van der Waals surface area contributed by atoms with Crippen molar-refractivity contribution in [3.05, 3.63) is 57.5 Å². The molecule has 2 rings (SSSR count). The van der Waals surface area contributed by atoms with Crippen molar-refractivity contribution in [2.45, 2.75) is 6.92 Å². The molecule has 5 heteroatoms. The number of amides is 1. The van der Waals surface area contributed by atoms with E-state index in [1.54, 1.807) is 18.2 Å². The molecule has 0 saturated carbocycles. The quantitative estimate of drug-likeness (QED) is 0.860. The molecule has 0 aromatic heterocycles. The molecule has 0 aliphatic heterocycles. The number of halogens is 2. The highest BCUT2D eigenvalue weighted by Crippen LogP contribution is 2.26. The van der Waals surface area contributed by atoms with Crippen LogP contribution in [0.4, 0.5) is 5.69 Å². The van der Waals surface area contributed by atoms with Crippen molar-refractivity contribution >= 4 is 39.1 Å². The van der Waals surface area contributed by atoms with E-state index in [1.807, 2.05) is 31.2 Å². The first-order chi connectivity index (χ1) is 9.60. The molecule has 2 aromatic carbocycles. The zero-order valence-electron chi connectivity index (χ0n) is 10.8. The van der Waals surface area contributed by atoms with Crippen LogP contribution in [0.1, 0.15) is 17.3 Å². The third-order valence-corrected chi connectivity index (χ3v) is 3.42. The van der Waals surface area contributed by atoms with Gasteiger partial charge in [-0.15, -0.1) is 0 Å². The average molecular weight is 355 g/mol. The van der Waals surface area contributed by atoms with Gasteiger partial charge in [0.25, 0.3) is 5.91 Å². The maximum atomic E-state index is 12.1. The second kappa shape index (κ2) is 6.77. The summed E-state index contributed by atoms with van der Waals surface area (Å²) < 4.78 is 6.29. The predicted octanol–water partition coefficient (Wildman–Crippen LogP) is 4.75. The van der Waals surface area contributed by atoms with Crippen molar-refractivity contribution in [2.24, 2.45) is 0 Å². The standard InChI is InChI=1S/C15H13BrClNO2/c1-2-20-14-8-3-10(9-13(14)17)15(19)18-12-6-4-11(16)5-7-12/h3-9H,2H2,1H3,(H,18,19). The number of anilines is 1. The van der Waals surface area contributed by atoms with Gasteiger partial charge in [0.15, 0.2) is 0 Å². The van der Waals surface area contributed by atoms with E-state index in [0.717, 1.165) is 10.2 Å². The molecule has 1 N–H and O–H groups in total. The Morgan fingerprint density at radius 2 is 1.95 bits per heavy atom. The summed E-state index contributed by atoms with van der Waals surface area (Å²) in [5.41, 5.74) is 1.21. The van der Waals surface area contributed by atoms with Gasteiger partial charge in [0.1, 0.15) is 5.75 Å². The van der Waals surface area contributed by atoms with Crippen LogP contribution in [0.3, 0.4) is 0 Å². The molecule has 104 valence electrons. The summed E-state index contributed by atoms with van der Waals surface area (Å²) in [6, 6.07) is 12.3. The lowest BCUT2D eigenvalue weighted by Gasteiger charge is -2.08. The fraction of sp³-hybridized carbons (Fsp3) is 0.133. The molecule has 0 atom stereocenters. The minimum atomic E-state index is -0.211. The molecule has 0 fully saturated rings. The SMILES string of the molecule is CCOc1ccc(C(=O)Nc2ccc(Br)cc2)cc1Cl. The van der Waals surface area contributed by atoms with Gasteiger partial charge >= 0.3 is 0 Å². The number of benzene rings is 2. The van der Waals surface area contributed by atoms with Crippen LogP contribution in [0.25, 0.3) is 0 Å². The third-order valence-electron chi connectivity index (χ3n) is 2.60. The number of hydrogen-bond donors (Lipinski definition) is 1. The van der Waals surface area contributed by atoms with Crippen molar-refractivity contribution < 1.29 is 9.53 Å². The first-order valence-electron chi connectivity index (χ1n) is 6.09. The molecule has 0 spiro atoms. The van der Waals surface area contributed by atoms with Crippen molar-refractivity contribution in [1.82, 2.24) is 0 Å². The van der Waals surface area contributed by atoms with E-state index in [4.69, 9.17) is 16.3 Å². The summed E-state index contributed by atoms with van der Waals surface area (Å²) in [7, 11) is 0. The van der Waals surface area contributed by atoms with Gasteiger partial charge in [0.2, 0.25) is 0 Å². The van der Waals surface area contributed by atoms with E-state index >= 15 is 0 Å². The number of hydrogen-bond acceptors (Lipinski definition) is 2. The molecule has 2 aromatic rings. The number of ether oxygens (including phenoxy) is 1. The van der Waals surface area contributed by atoms with Gasteiger partial charge in [0, 0.05) is 15.7 Å². The van der Waals surface area contributed by atoms with E-state index in [9.17, 15) is 4.79 Å². The number of rotatable bonds is 4. The van der Waals surface area contributed by atoms with E-state index in [1.165, 1.54) is 0 Å². The number of carbonyl (C=O) groups is 1. The van der Waals surface area contributed by atoms with Crippen LogP contribution >= 0.6 is 27.5 Å². The normalized spacial score (nSPS) is 10.2. The lowest BCUT2D eigenvalue weighted by atomic mass is 10.2. The average Bonchev–Trinajstić information content (AvgIpc) is 2.44. The van der Waals surface area contributed by atoms with Crippen LogP contribution in [0.5, 0.6) is 5.75 Å². The molecule has 0 aliphatic carbocycles. The first-order valence-corrected chi connectivity index (χ1v) is 7.26. The summed E-state index contributed by atoms with van der Waals surface area (Å²) in [4.78, 5) is 12.1. The van der Waals surface area contributed by atoms with Gasteiger partial charge in [-0.3, -0.25) is 4.79 Å². The highest BCUT2D eigenvalue weighted by atomic mass is 79.9. The molecule has 1 amide bonds. The minimum Gasteiger partial charge on any atom is -0.492 e. The second-order valence-corrected chi connectivity index (χ2v) is 5.36. The van der Waals surface area contributed by atoms with E-state index < -0.39 is 0 Å². The molecule has 0 heterocycles. The maximum absolute atomic E-state index is 12.1. The topological polar surface area (TPSA) is 38.3 Å². The van der Waals surface area contributed by atoms with Crippen molar-refractivity contribution in [2.75, 3.05) is 11.9 Å². The molecule has 0 bridgehead atoms. The van der Waals surface area contributed by atoms with E-state index in [-0.39, 0.29) is 5.91 Å². The monoisotopic (exact) mass is 353 g/mol. The Morgan fingerprint density at radius 3 is 2.55 bits per heavy atom. The van der Waals surface area contributed by atoms with Crippen LogP contribution in [-0.2, 0) is 0 Å². The van der Waals surface area contributed by atoms with Crippen LogP contribution in [0.15, 0.2) is 46.9 Å². The van der Waals surface area contributed by atoms with Gasteiger partial charge in [-0.1, -0.05) is 27.5 Å². The van der Waals surface area contributed by atoms with Gasteiger partial charge in [-0.05, 0) is 49.4 Å². The predicted molar refractivity (Wildman–Crippen MR) is 84.7 cm³/mol. The van der Waals surface area contributed by atoms with Gasteiger partial charge in [-0.2, -0.15) is 0 Å². The summed E-state index contributed by atoms with van der Waals surface area (Å²) in [5, 5.41) is 3.23. The Labute approximate surface area is 131 Å². The van der Waals surface area contributed by atoms with Crippen molar-refractivity contribution in [3.8, 4) is 5.75 Å². The Bertz CT molecular complexity index is 614. The molecule has 0 unspecified atom stereocenters. The number of carbonyl (C=O) groups excluding carboxylic acids is 1. The molecule has 0 radical (unpaired) electrons. The smallest absolute Gasteiger partial charge is 0.255 e. The van der Waals surface area contributed by atoms with Crippen LogP contribution in [-0.4, -0.2) is 12.5 Å². The van der Waals surface area contributed by atoms with Gasteiger partial charge < -0.3 is 10.1 Å². The van der Waals surface area contributed by atoms with Crippen LogP contribution in [0, 0.1) is 0 Å². The van der Waals surface area contributed by atoms with Crippen molar-refractivity contribution in [1.29, 1.82) is 0 Å². The highest BCUT2D eigenvalue weighted by molar-refractivity contribution is 9.10. The molecular weight excluding hydrogens is 342 g/mol. The lowest BCUT2D eigenvalue weighted by molar-refractivity contribution is 0.102. The minimum absolute atomic E-state index is 0.211. The highest BCUT2D eigenvalue weighted by Gasteiger charge is 2.09. The Balaban J connectivity index is 2.13. The lowest BCUT2D eigenvalue weighted by Crippen LogP contribution is -2.11. The van der Waals surface area contributed by atoms with E-state index in [0.29, 0.717) is 22.9 Å². The fourth-order valence-electron chi connectivity index (χ4n) is 1.65.